The molecule has 118 valence electrons. The summed E-state index contributed by atoms with van der Waals surface area (Å²) in [7, 11) is 0. The average molecular weight is 289 g/mol. The van der Waals surface area contributed by atoms with Gasteiger partial charge in [-0.1, -0.05) is 26.3 Å². The molecule has 1 N–H and O–H groups in total. The largest absolute Gasteiger partial charge is 0.356 e. The van der Waals surface area contributed by atoms with Gasteiger partial charge in [-0.05, 0) is 51.1 Å². The maximum Gasteiger partial charge on any atom is 0.133 e. The smallest absolute Gasteiger partial charge is 0.133 e. The predicted molar refractivity (Wildman–Crippen MR) is 90.8 cm³/mol. The van der Waals surface area contributed by atoms with Gasteiger partial charge in [0.05, 0.1) is 0 Å². The molecule has 0 saturated carbocycles. The van der Waals surface area contributed by atoms with Crippen LogP contribution in [-0.2, 0) is 0 Å². The van der Waals surface area contributed by atoms with E-state index in [4.69, 9.17) is 4.98 Å². The molecule has 2 unspecified atom stereocenters. The number of pyridine rings is 1. The Hall–Kier alpha value is -1.09. The second kappa shape index (κ2) is 8.38. The van der Waals surface area contributed by atoms with Crippen LogP contribution in [-0.4, -0.2) is 24.6 Å². The third-order valence-corrected chi connectivity index (χ3v) is 4.71. The van der Waals surface area contributed by atoms with Crippen LogP contribution >= 0.6 is 0 Å². The normalized spacial score (nSPS) is 21.1. The van der Waals surface area contributed by atoms with Gasteiger partial charge in [-0.2, -0.15) is 0 Å². The summed E-state index contributed by atoms with van der Waals surface area (Å²) in [6, 6.07) is 4.67. The molecular weight excluding hydrogens is 258 g/mol. The van der Waals surface area contributed by atoms with Gasteiger partial charge < -0.3 is 10.2 Å². The Kier molecular flexibility index (Phi) is 6.50. The molecule has 1 saturated heterocycles. The van der Waals surface area contributed by atoms with Gasteiger partial charge in [0.25, 0.3) is 0 Å². The number of nitrogens with zero attached hydrogens (tertiary/aromatic N) is 2. The maximum absolute atomic E-state index is 4.71. The summed E-state index contributed by atoms with van der Waals surface area (Å²) in [6.45, 7) is 10.2. The van der Waals surface area contributed by atoms with Crippen molar-refractivity contribution in [1.29, 1.82) is 0 Å². The third-order valence-electron chi connectivity index (χ3n) is 4.71. The van der Waals surface area contributed by atoms with Crippen LogP contribution in [0.3, 0.4) is 0 Å². The van der Waals surface area contributed by atoms with Gasteiger partial charge in [0.2, 0.25) is 0 Å². The van der Waals surface area contributed by atoms with E-state index in [1.807, 2.05) is 6.20 Å². The van der Waals surface area contributed by atoms with E-state index in [2.05, 4.69) is 43.1 Å². The predicted octanol–water partition coefficient (Wildman–Crippen LogP) is 4.16. The number of anilines is 1. The highest BCUT2D eigenvalue weighted by molar-refractivity contribution is 5.48. The van der Waals surface area contributed by atoms with Gasteiger partial charge in [0, 0.05) is 30.9 Å². The van der Waals surface area contributed by atoms with Crippen LogP contribution in [0.1, 0.15) is 64.5 Å². The lowest BCUT2D eigenvalue weighted by molar-refractivity contribution is 0.459. The molecule has 0 bridgehead atoms. The second-order valence-corrected chi connectivity index (χ2v) is 6.28. The van der Waals surface area contributed by atoms with Crippen LogP contribution in [0.5, 0.6) is 0 Å². The van der Waals surface area contributed by atoms with Crippen molar-refractivity contribution >= 4 is 5.82 Å². The summed E-state index contributed by atoms with van der Waals surface area (Å²) < 4.78 is 0. The standard InChI is InChI=1S/C18H31N3/c1-4-11-19-15(3)17-9-6-12-20-18(17)21-13-7-8-16(5-2)10-14-21/h6,9,12,15-16,19H,4-5,7-8,10-11,13-14H2,1-3H3. The fourth-order valence-electron chi connectivity index (χ4n) is 3.27. The van der Waals surface area contributed by atoms with Gasteiger partial charge in [-0.3, -0.25) is 0 Å². The molecule has 1 aliphatic rings. The molecule has 21 heavy (non-hydrogen) atoms. The zero-order chi connectivity index (χ0) is 15.1. The van der Waals surface area contributed by atoms with Crippen molar-refractivity contribution in [2.24, 2.45) is 5.92 Å². The van der Waals surface area contributed by atoms with E-state index >= 15 is 0 Å². The number of nitrogens with one attached hydrogen (secondary N) is 1. The molecule has 2 atom stereocenters. The first kappa shape index (κ1) is 16.3. The van der Waals surface area contributed by atoms with Crippen LogP contribution in [0.2, 0.25) is 0 Å². The Labute approximate surface area is 130 Å². The van der Waals surface area contributed by atoms with Crippen LogP contribution < -0.4 is 10.2 Å². The molecule has 0 spiro atoms. The van der Waals surface area contributed by atoms with E-state index in [0.717, 1.165) is 25.6 Å². The molecule has 1 fully saturated rings. The van der Waals surface area contributed by atoms with Crippen molar-refractivity contribution in [3.8, 4) is 0 Å². The van der Waals surface area contributed by atoms with E-state index < -0.39 is 0 Å². The van der Waals surface area contributed by atoms with Gasteiger partial charge in [-0.25, -0.2) is 4.98 Å². The summed E-state index contributed by atoms with van der Waals surface area (Å²) in [6.07, 6.45) is 8.40. The topological polar surface area (TPSA) is 28.2 Å². The van der Waals surface area contributed by atoms with Crippen LogP contribution in [0.15, 0.2) is 18.3 Å². The summed E-state index contributed by atoms with van der Waals surface area (Å²) in [5.74, 6) is 2.10. The molecule has 2 heterocycles. The molecule has 0 radical (unpaired) electrons. The highest BCUT2D eigenvalue weighted by Crippen LogP contribution is 2.28. The van der Waals surface area contributed by atoms with Crippen molar-refractivity contribution in [1.82, 2.24) is 10.3 Å². The highest BCUT2D eigenvalue weighted by atomic mass is 15.2. The number of hydrogen-bond donors (Lipinski definition) is 1. The summed E-state index contributed by atoms with van der Waals surface area (Å²) >= 11 is 0. The monoisotopic (exact) mass is 289 g/mol. The Bertz CT molecular complexity index is 419. The minimum absolute atomic E-state index is 0.374. The Morgan fingerprint density at radius 2 is 2.19 bits per heavy atom. The fourth-order valence-corrected chi connectivity index (χ4v) is 3.27. The molecular formula is C18H31N3. The lowest BCUT2D eigenvalue weighted by Gasteiger charge is -2.26. The van der Waals surface area contributed by atoms with Gasteiger partial charge in [0.1, 0.15) is 5.82 Å². The molecule has 3 nitrogen and oxygen atoms in total. The highest BCUT2D eigenvalue weighted by Gasteiger charge is 2.20. The molecule has 1 aromatic rings. The van der Waals surface area contributed by atoms with Crippen LogP contribution in [0, 0.1) is 5.92 Å². The first-order valence-electron chi connectivity index (χ1n) is 8.69. The molecule has 1 aliphatic heterocycles. The van der Waals surface area contributed by atoms with Gasteiger partial charge >= 0.3 is 0 Å². The minimum Gasteiger partial charge on any atom is -0.356 e. The second-order valence-electron chi connectivity index (χ2n) is 6.28. The van der Waals surface area contributed by atoms with Gasteiger partial charge in [-0.15, -0.1) is 0 Å². The minimum atomic E-state index is 0.374. The number of aromatic nitrogens is 1. The average Bonchev–Trinajstić information content (AvgIpc) is 2.78. The molecule has 0 aromatic carbocycles. The zero-order valence-electron chi connectivity index (χ0n) is 13.9. The van der Waals surface area contributed by atoms with Gasteiger partial charge in [0.15, 0.2) is 0 Å². The number of rotatable bonds is 6. The lowest BCUT2D eigenvalue weighted by atomic mass is 9.98. The first-order valence-corrected chi connectivity index (χ1v) is 8.69. The van der Waals surface area contributed by atoms with E-state index in [-0.39, 0.29) is 0 Å². The molecule has 2 rings (SSSR count). The van der Waals surface area contributed by atoms with E-state index in [9.17, 15) is 0 Å². The van der Waals surface area contributed by atoms with E-state index in [0.29, 0.717) is 6.04 Å². The summed E-state index contributed by atoms with van der Waals surface area (Å²) in [5.41, 5.74) is 1.35. The van der Waals surface area contributed by atoms with E-state index in [1.54, 1.807) is 0 Å². The Morgan fingerprint density at radius 3 is 2.95 bits per heavy atom. The van der Waals surface area contributed by atoms with Crippen molar-refractivity contribution in [3.63, 3.8) is 0 Å². The molecule has 0 amide bonds. The summed E-state index contributed by atoms with van der Waals surface area (Å²) in [4.78, 5) is 7.22. The fraction of sp³-hybridized carbons (Fsp3) is 0.722. The van der Waals surface area contributed by atoms with Crippen molar-refractivity contribution in [2.75, 3.05) is 24.5 Å². The molecule has 1 aromatic heterocycles. The zero-order valence-corrected chi connectivity index (χ0v) is 13.9. The van der Waals surface area contributed by atoms with E-state index in [1.165, 1.54) is 43.5 Å². The first-order chi connectivity index (χ1) is 10.3. The quantitative estimate of drug-likeness (QED) is 0.852. The van der Waals surface area contributed by atoms with Crippen LogP contribution in [0.4, 0.5) is 5.82 Å². The Morgan fingerprint density at radius 1 is 1.33 bits per heavy atom. The SMILES string of the molecule is CCCNC(C)c1cccnc1N1CCCC(CC)CC1. The molecule has 0 aliphatic carbocycles. The van der Waals surface area contributed by atoms with Crippen molar-refractivity contribution < 1.29 is 0 Å². The summed E-state index contributed by atoms with van der Waals surface area (Å²) in [5, 5.41) is 3.60. The lowest BCUT2D eigenvalue weighted by Crippen LogP contribution is -2.29. The molecule has 3 heteroatoms. The Balaban J connectivity index is 2.11. The van der Waals surface area contributed by atoms with Crippen molar-refractivity contribution in [3.05, 3.63) is 23.9 Å². The number of hydrogen-bond acceptors (Lipinski definition) is 3. The maximum atomic E-state index is 4.71. The van der Waals surface area contributed by atoms with Crippen LogP contribution in [0.25, 0.3) is 0 Å². The third kappa shape index (κ3) is 4.44. The van der Waals surface area contributed by atoms with Crippen molar-refractivity contribution in [2.45, 2.75) is 58.9 Å².